The van der Waals surface area contributed by atoms with Crippen molar-refractivity contribution in [3.63, 3.8) is 0 Å². The Bertz CT molecular complexity index is 496. The molecule has 0 aliphatic carbocycles. The van der Waals surface area contributed by atoms with Crippen molar-refractivity contribution in [2.24, 2.45) is 0 Å². The van der Waals surface area contributed by atoms with Crippen LogP contribution in [0.15, 0.2) is 30.6 Å². The third kappa shape index (κ3) is 1.82. The normalized spacial score (nSPS) is 10.5. The lowest BCUT2D eigenvalue weighted by atomic mass is 9.83. The van der Waals surface area contributed by atoms with Crippen molar-refractivity contribution >= 4 is 12.6 Å². The molecule has 7 heteroatoms. The van der Waals surface area contributed by atoms with Gasteiger partial charge in [0.2, 0.25) is 0 Å². The average molecular weight is 224 g/mol. The lowest BCUT2D eigenvalue weighted by Gasteiger charge is -2.03. The highest BCUT2D eigenvalue weighted by molar-refractivity contribution is 6.58. The van der Waals surface area contributed by atoms with Crippen molar-refractivity contribution in [2.75, 3.05) is 0 Å². The summed E-state index contributed by atoms with van der Waals surface area (Å²) in [6.07, 6.45) is 2.27. The van der Waals surface area contributed by atoms with E-state index in [-0.39, 0.29) is 11.2 Å². The molecule has 0 atom stereocenters. The molecule has 1 heterocycles. The third-order valence-corrected chi connectivity index (χ3v) is 2.07. The molecule has 16 heavy (non-hydrogen) atoms. The van der Waals surface area contributed by atoms with E-state index in [1.807, 2.05) is 0 Å². The number of halogens is 2. The van der Waals surface area contributed by atoms with Gasteiger partial charge in [0.15, 0.2) is 11.6 Å². The summed E-state index contributed by atoms with van der Waals surface area (Å²) >= 11 is 0. The molecule has 2 N–H and O–H groups in total. The predicted octanol–water partition coefficient (Wildman–Crippen LogP) is -0.170. The molecule has 2 rings (SSSR count). The molecule has 0 saturated heterocycles. The van der Waals surface area contributed by atoms with Gasteiger partial charge in [-0.15, -0.1) is 0 Å². The predicted molar refractivity (Wildman–Crippen MR) is 53.3 cm³/mol. The van der Waals surface area contributed by atoms with E-state index >= 15 is 0 Å². The summed E-state index contributed by atoms with van der Waals surface area (Å²) in [5.41, 5.74) is -0.294. The van der Waals surface area contributed by atoms with Gasteiger partial charge in [0, 0.05) is 17.9 Å². The minimum absolute atomic E-state index is 0.0580. The number of hydrogen-bond donors (Lipinski definition) is 2. The Morgan fingerprint density at radius 3 is 2.31 bits per heavy atom. The standard InChI is InChI=1S/C9H7BF2N2O2/c11-7-2-1-3-8(12)9(7)14-5-6(4-13-14)10(15)16/h1-5,15-16H. The van der Waals surface area contributed by atoms with Gasteiger partial charge in [-0.1, -0.05) is 6.07 Å². The fourth-order valence-corrected chi connectivity index (χ4v) is 1.30. The van der Waals surface area contributed by atoms with Crippen LogP contribution in [0.5, 0.6) is 0 Å². The SMILES string of the molecule is OB(O)c1cnn(-c2c(F)cccc2F)c1. The van der Waals surface area contributed by atoms with Crippen molar-refractivity contribution in [1.82, 2.24) is 9.78 Å². The highest BCUT2D eigenvalue weighted by Crippen LogP contribution is 2.15. The van der Waals surface area contributed by atoms with Crippen LogP contribution in [0.3, 0.4) is 0 Å². The number of benzene rings is 1. The van der Waals surface area contributed by atoms with Crippen LogP contribution in [0, 0.1) is 11.6 Å². The zero-order valence-electron chi connectivity index (χ0n) is 8.01. The van der Waals surface area contributed by atoms with Gasteiger partial charge < -0.3 is 10.0 Å². The smallest absolute Gasteiger partial charge is 0.423 e. The maximum atomic E-state index is 13.3. The Morgan fingerprint density at radius 1 is 1.19 bits per heavy atom. The fraction of sp³-hybridized carbons (Fsp3) is 0. The van der Waals surface area contributed by atoms with Crippen molar-refractivity contribution in [1.29, 1.82) is 0 Å². The Kier molecular flexibility index (Phi) is 2.72. The highest BCUT2D eigenvalue weighted by Gasteiger charge is 2.17. The molecule has 0 fully saturated rings. The Morgan fingerprint density at radius 2 is 1.81 bits per heavy atom. The van der Waals surface area contributed by atoms with Crippen LogP contribution in [0.1, 0.15) is 0 Å². The van der Waals surface area contributed by atoms with E-state index in [0.29, 0.717) is 0 Å². The average Bonchev–Trinajstić information content (AvgIpc) is 2.66. The molecule has 0 aliphatic heterocycles. The molecule has 0 unspecified atom stereocenters. The van der Waals surface area contributed by atoms with Crippen LogP contribution in [-0.2, 0) is 0 Å². The topological polar surface area (TPSA) is 58.3 Å². The summed E-state index contributed by atoms with van der Waals surface area (Å²) in [5.74, 6) is -1.55. The Hall–Kier alpha value is -1.73. The highest BCUT2D eigenvalue weighted by atomic mass is 19.1. The van der Waals surface area contributed by atoms with E-state index in [2.05, 4.69) is 5.10 Å². The summed E-state index contributed by atoms with van der Waals surface area (Å²) in [5, 5.41) is 21.3. The van der Waals surface area contributed by atoms with E-state index in [1.165, 1.54) is 6.07 Å². The van der Waals surface area contributed by atoms with Gasteiger partial charge in [-0.25, -0.2) is 13.5 Å². The van der Waals surface area contributed by atoms with Crippen LogP contribution in [0.2, 0.25) is 0 Å². The molecule has 0 spiro atoms. The monoisotopic (exact) mass is 224 g/mol. The fourth-order valence-electron chi connectivity index (χ4n) is 1.30. The molecular formula is C9H7BF2N2O2. The summed E-state index contributed by atoms with van der Waals surface area (Å²) < 4.78 is 27.6. The van der Waals surface area contributed by atoms with E-state index in [9.17, 15) is 8.78 Å². The van der Waals surface area contributed by atoms with Gasteiger partial charge in [0.1, 0.15) is 5.69 Å². The van der Waals surface area contributed by atoms with E-state index < -0.39 is 18.8 Å². The second kappa shape index (κ2) is 4.03. The van der Waals surface area contributed by atoms with Crippen LogP contribution in [0.4, 0.5) is 8.78 Å². The minimum Gasteiger partial charge on any atom is -0.423 e. The molecule has 1 aromatic carbocycles. The lowest BCUT2D eigenvalue weighted by Crippen LogP contribution is -2.28. The lowest BCUT2D eigenvalue weighted by molar-refractivity contribution is 0.425. The van der Waals surface area contributed by atoms with E-state index in [1.54, 1.807) is 0 Å². The first-order valence-electron chi connectivity index (χ1n) is 4.44. The zero-order chi connectivity index (χ0) is 11.7. The number of aromatic nitrogens is 2. The van der Waals surface area contributed by atoms with Gasteiger partial charge in [-0.05, 0) is 12.1 Å². The first-order valence-corrected chi connectivity index (χ1v) is 4.44. The second-order valence-corrected chi connectivity index (χ2v) is 3.16. The van der Waals surface area contributed by atoms with Crippen molar-refractivity contribution < 1.29 is 18.8 Å². The Balaban J connectivity index is 2.50. The number of para-hydroxylation sites is 1. The van der Waals surface area contributed by atoms with Gasteiger partial charge in [0.25, 0.3) is 0 Å². The maximum Gasteiger partial charge on any atom is 0.491 e. The summed E-state index contributed by atoms with van der Waals surface area (Å²) in [4.78, 5) is 0. The second-order valence-electron chi connectivity index (χ2n) is 3.16. The molecule has 0 bridgehead atoms. The van der Waals surface area contributed by atoms with E-state index in [0.717, 1.165) is 29.2 Å². The summed E-state index contributed by atoms with van der Waals surface area (Å²) in [6, 6.07) is 3.42. The number of rotatable bonds is 2. The first-order chi connectivity index (χ1) is 7.59. The third-order valence-electron chi connectivity index (χ3n) is 2.07. The maximum absolute atomic E-state index is 13.3. The van der Waals surface area contributed by atoms with Crippen molar-refractivity contribution in [3.8, 4) is 5.69 Å². The van der Waals surface area contributed by atoms with Crippen LogP contribution in [-0.4, -0.2) is 26.9 Å². The van der Waals surface area contributed by atoms with E-state index in [4.69, 9.17) is 10.0 Å². The zero-order valence-corrected chi connectivity index (χ0v) is 8.01. The van der Waals surface area contributed by atoms with Crippen LogP contribution in [0.25, 0.3) is 5.69 Å². The molecule has 2 aromatic rings. The quantitative estimate of drug-likeness (QED) is 0.696. The molecule has 0 aliphatic rings. The largest absolute Gasteiger partial charge is 0.491 e. The Labute approximate surface area is 89.9 Å². The molecule has 82 valence electrons. The first kappa shape index (κ1) is 10.8. The molecule has 1 aromatic heterocycles. The number of hydrogen-bond acceptors (Lipinski definition) is 3. The van der Waals surface area contributed by atoms with Gasteiger partial charge in [0.05, 0.1) is 0 Å². The van der Waals surface area contributed by atoms with Crippen LogP contribution < -0.4 is 5.46 Å². The molecule has 0 saturated carbocycles. The molecule has 0 radical (unpaired) electrons. The molecule has 4 nitrogen and oxygen atoms in total. The van der Waals surface area contributed by atoms with Gasteiger partial charge in [-0.2, -0.15) is 5.10 Å². The molecular weight excluding hydrogens is 217 g/mol. The van der Waals surface area contributed by atoms with Crippen molar-refractivity contribution in [3.05, 3.63) is 42.2 Å². The molecule has 0 amide bonds. The van der Waals surface area contributed by atoms with Crippen LogP contribution >= 0.6 is 0 Å². The summed E-state index contributed by atoms with van der Waals surface area (Å²) in [6.45, 7) is 0. The summed E-state index contributed by atoms with van der Waals surface area (Å²) in [7, 11) is -1.72. The van der Waals surface area contributed by atoms with Crippen molar-refractivity contribution in [2.45, 2.75) is 0 Å². The number of nitrogens with zero attached hydrogens (tertiary/aromatic N) is 2. The minimum atomic E-state index is -1.72. The van der Waals surface area contributed by atoms with Gasteiger partial charge in [-0.3, -0.25) is 0 Å². The van der Waals surface area contributed by atoms with Gasteiger partial charge >= 0.3 is 7.12 Å².